The number of carbonyl (C=O) groups is 2. The number of aromatic nitrogens is 3. The van der Waals surface area contributed by atoms with Crippen LogP contribution < -0.4 is 5.73 Å². The van der Waals surface area contributed by atoms with Gasteiger partial charge in [-0.2, -0.15) is 5.10 Å². The number of alkyl halides is 3. The third kappa shape index (κ3) is 3.89. The quantitative estimate of drug-likeness (QED) is 0.766. The molecule has 0 aliphatic rings. The molecule has 2 heterocycles. The zero-order valence-electron chi connectivity index (χ0n) is 13.5. The average molecular weight is 358 g/mol. The van der Waals surface area contributed by atoms with E-state index in [0.717, 1.165) is 0 Å². The zero-order chi connectivity index (χ0) is 18.8. The molecule has 25 heavy (non-hydrogen) atoms. The first-order valence-corrected chi connectivity index (χ1v) is 7.30. The number of hydrogen-bond acceptors (Lipinski definition) is 5. The van der Waals surface area contributed by atoms with Crippen LogP contribution in [0.2, 0.25) is 0 Å². The highest BCUT2D eigenvalue weighted by atomic mass is 19.2. The molecule has 2 aromatic heterocycles. The van der Waals surface area contributed by atoms with Crippen molar-refractivity contribution in [3.63, 3.8) is 0 Å². The summed E-state index contributed by atoms with van der Waals surface area (Å²) >= 11 is 0. The van der Waals surface area contributed by atoms with Gasteiger partial charge in [0.1, 0.15) is 11.9 Å². The lowest BCUT2D eigenvalue weighted by Gasteiger charge is -2.30. The molecule has 136 valence electrons. The fourth-order valence-electron chi connectivity index (χ4n) is 2.18. The maximum atomic E-state index is 14.7. The summed E-state index contributed by atoms with van der Waals surface area (Å²) in [7, 11) is 0. The van der Waals surface area contributed by atoms with E-state index in [1.807, 2.05) is 0 Å². The number of fused-ring (bicyclic) bond motifs is 1. The van der Waals surface area contributed by atoms with Crippen molar-refractivity contribution in [1.82, 2.24) is 14.6 Å². The van der Waals surface area contributed by atoms with Gasteiger partial charge in [0, 0.05) is 11.0 Å². The van der Waals surface area contributed by atoms with Gasteiger partial charge in [-0.3, -0.25) is 9.18 Å². The number of carbonyl (C=O) groups excluding carboxylic acids is 2. The number of primary amides is 1. The molecule has 0 saturated carbocycles. The van der Waals surface area contributed by atoms with E-state index in [1.54, 1.807) is 0 Å². The molecule has 0 radical (unpaired) electrons. The fourth-order valence-corrected chi connectivity index (χ4v) is 2.18. The molecule has 0 spiro atoms. The Morgan fingerprint density at radius 2 is 2.16 bits per heavy atom. The number of nitrogens with two attached hydrogens (primary N) is 1. The number of nitrogens with zero attached hydrogens (tertiary/aromatic N) is 3. The van der Waals surface area contributed by atoms with Crippen LogP contribution in [0.15, 0.2) is 18.5 Å². The van der Waals surface area contributed by atoms with Crippen molar-refractivity contribution in [2.24, 2.45) is 11.1 Å². The van der Waals surface area contributed by atoms with Crippen molar-refractivity contribution in [2.45, 2.75) is 32.3 Å². The molecule has 0 bridgehead atoms. The second-order valence-corrected chi connectivity index (χ2v) is 6.20. The molecular weight excluding hydrogens is 341 g/mol. The van der Waals surface area contributed by atoms with E-state index in [4.69, 9.17) is 5.73 Å². The Labute approximate surface area is 141 Å². The van der Waals surface area contributed by atoms with E-state index in [-0.39, 0.29) is 16.9 Å². The number of rotatable bonds is 7. The molecule has 0 aliphatic heterocycles. The molecule has 0 aromatic carbocycles. The molecular formula is C15H17F3N4O3. The second-order valence-electron chi connectivity index (χ2n) is 6.20. The molecule has 0 aliphatic carbocycles. The van der Waals surface area contributed by atoms with Gasteiger partial charge in [0.2, 0.25) is 0 Å². The Morgan fingerprint density at radius 3 is 2.72 bits per heavy atom. The van der Waals surface area contributed by atoms with Gasteiger partial charge in [-0.15, -0.1) is 0 Å². The summed E-state index contributed by atoms with van der Waals surface area (Å²) in [5.74, 6) is 0. The standard InChI is InChI=1S/C15H17F3N4O3/c1-15(2,7-16)13(18)11(17)12(25-14(19)24)9-5-22-10(21-9)3-8(6-23)4-20-22/h3-6,11-13H,7H2,1-2H3,(H2,19,24). The van der Waals surface area contributed by atoms with E-state index in [2.05, 4.69) is 14.8 Å². The van der Waals surface area contributed by atoms with Crippen molar-refractivity contribution in [3.8, 4) is 0 Å². The van der Waals surface area contributed by atoms with Crippen LogP contribution >= 0.6 is 0 Å². The minimum absolute atomic E-state index is 0.157. The van der Waals surface area contributed by atoms with Crippen molar-refractivity contribution >= 4 is 18.0 Å². The molecule has 3 atom stereocenters. The number of amides is 1. The summed E-state index contributed by atoms with van der Waals surface area (Å²) in [5, 5.41) is 3.88. The number of ether oxygens (including phenoxy) is 1. The minimum atomic E-state index is -2.41. The monoisotopic (exact) mass is 358 g/mol. The van der Waals surface area contributed by atoms with Gasteiger partial charge in [0.15, 0.2) is 24.2 Å². The van der Waals surface area contributed by atoms with E-state index >= 15 is 0 Å². The maximum Gasteiger partial charge on any atom is 0.405 e. The predicted octanol–water partition coefficient (Wildman–Crippen LogP) is 2.35. The molecule has 1 amide bonds. The van der Waals surface area contributed by atoms with E-state index in [9.17, 15) is 22.8 Å². The van der Waals surface area contributed by atoms with Gasteiger partial charge >= 0.3 is 6.09 Å². The van der Waals surface area contributed by atoms with Gasteiger partial charge < -0.3 is 10.5 Å². The first kappa shape index (κ1) is 18.7. The molecule has 0 fully saturated rings. The van der Waals surface area contributed by atoms with Crippen LogP contribution in [0.5, 0.6) is 0 Å². The number of imidazole rings is 1. The SMILES string of the molecule is CC(C)(CF)C(F)C(F)C(OC(N)=O)c1cn2ncc(C=O)cc2n1. The predicted molar refractivity (Wildman–Crippen MR) is 81.3 cm³/mol. The molecule has 2 N–H and O–H groups in total. The number of aldehydes is 1. The van der Waals surface area contributed by atoms with Gasteiger partial charge in [-0.1, -0.05) is 13.8 Å². The highest BCUT2D eigenvalue weighted by Crippen LogP contribution is 2.35. The topological polar surface area (TPSA) is 99.6 Å². The number of halogens is 3. The Kier molecular flexibility index (Phi) is 5.29. The minimum Gasteiger partial charge on any atom is -0.437 e. The van der Waals surface area contributed by atoms with Crippen molar-refractivity contribution < 1.29 is 27.5 Å². The highest BCUT2D eigenvalue weighted by molar-refractivity contribution is 5.75. The van der Waals surface area contributed by atoms with Crippen LogP contribution in [-0.2, 0) is 4.74 Å². The second kappa shape index (κ2) is 7.08. The van der Waals surface area contributed by atoms with Gasteiger partial charge in [-0.25, -0.2) is 23.1 Å². The number of hydrogen-bond donors (Lipinski definition) is 1. The molecule has 10 heteroatoms. The summed E-state index contributed by atoms with van der Waals surface area (Å²) in [6.07, 6.45) is -4.83. The Bertz CT molecular complexity index is 780. The highest BCUT2D eigenvalue weighted by Gasteiger charge is 2.43. The maximum absolute atomic E-state index is 14.7. The third-order valence-electron chi connectivity index (χ3n) is 3.69. The zero-order valence-corrected chi connectivity index (χ0v) is 13.5. The summed E-state index contributed by atoms with van der Waals surface area (Å²) in [5.41, 5.74) is 3.50. The van der Waals surface area contributed by atoms with Crippen molar-refractivity contribution in [3.05, 3.63) is 29.7 Å². The summed E-state index contributed by atoms with van der Waals surface area (Å²) < 4.78 is 47.9. The first-order chi connectivity index (χ1) is 11.7. The molecule has 3 unspecified atom stereocenters. The fraction of sp³-hybridized carbons (Fsp3) is 0.467. The van der Waals surface area contributed by atoms with E-state index in [1.165, 1.54) is 36.8 Å². The van der Waals surface area contributed by atoms with Gasteiger partial charge in [0.05, 0.1) is 19.1 Å². The lowest BCUT2D eigenvalue weighted by molar-refractivity contribution is -0.0353. The van der Waals surface area contributed by atoms with Crippen molar-refractivity contribution in [2.75, 3.05) is 6.67 Å². The molecule has 7 nitrogen and oxygen atoms in total. The Morgan fingerprint density at radius 1 is 1.48 bits per heavy atom. The normalized spacial score (nSPS) is 15.6. The summed E-state index contributed by atoms with van der Waals surface area (Å²) in [6, 6.07) is 1.36. The van der Waals surface area contributed by atoms with E-state index < -0.39 is 36.6 Å². The Balaban J connectivity index is 2.43. The van der Waals surface area contributed by atoms with Crippen LogP contribution in [0.1, 0.15) is 36.0 Å². The van der Waals surface area contributed by atoms with Crippen LogP contribution in [0.25, 0.3) is 5.65 Å². The lowest BCUT2D eigenvalue weighted by Crippen LogP contribution is -2.40. The largest absolute Gasteiger partial charge is 0.437 e. The van der Waals surface area contributed by atoms with Crippen LogP contribution in [0.3, 0.4) is 0 Å². The lowest BCUT2D eigenvalue weighted by atomic mass is 9.84. The summed E-state index contributed by atoms with van der Waals surface area (Å²) in [6.45, 7) is 1.29. The van der Waals surface area contributed by atoms with E-state index in [0.29, 0.717) is 6.29 Å². The van der Waals surface area contributed by atoms with Gasteiger partial charge in [-0.05, 0) is 6.07 Å². The van der Waals surface area contributed by atoms with Crippen LogP contribution in [0, 0.1) is 5.41 Å². The molecule has 0 saturated heterocycles. The smallest absolute Gasteiger partial charge is 0.405 e. The van der Waals surface area contributed by atoms with Crippen molar-refractivity contribution in [1.29, 1.82) is 0 Å². The molecule has 2 aromatic rings. The van der Waals surface area contributed by atoms with Gasteiger partial charge in [0.25, 0.3) is 0 Å². The average Bonchev–Trinajstić information content (AvgIpc) is 3.00. The first-order valence-electron chi connectivity index (χ1n) is 7.30. The molecule has 2 rings (SSSR count). The Hall–Kier alpha value is -2.65. The summed E-state index contributed by atoms with van der Waals surface area (Å²) in [4.78, 5) is 25.8. The third-order valence-corrected chi connectivity index (χ3v) is 3.69. The van der Waals surface area contributed by atoms with Crippen LogP contribution in [-0.4, -0.2) is 46.0 Å². The van der Waals surface area contributed by atoms with Crippen LogP contribution in [0.4, 0.5) is 18.0 Å².